The number of carbonyl (C=O) groups excluding carboxylic acids is 3. The lowest BCUT2D eigenvalue weighted by atomic mass is 10.0. The molecular weight excluding hydrogens is 448 g/mol. The first-order chi connectivity index (χ1) is 15.7. The number of rotatable bonds is 7. The van der Waals surface area contributed by atoms with Gasteiger partial charge >= 0.3 is 0 Å². The Morgan fingerprint density at radius 1 is 1.30 bits per heavy atom. The van der Waals surface area contributed by atoms with E-state index < -0.39 is 34.1 Å². The summed E-state index contributed by atoms with van der Waals surface area (Å²) in [4.78, 5) is 44.2. The summed E-state index contributed by atoms with van der Waals surface area (Å²) in [7, 11) is -3.93. The van der Waals surface area contributed by atoms with Crippen LogP contribution < -0.4 is 5.32 Å². The molecule has 0 spiro atoms. The third-order valence-corrected chi connectivity index (χ3v) is 7.85. The average Bonchev–Trinajstić information content (AvgIpc) is 3.52. The van der Waals surface area contributed by atoms with E-state index in [0.717, 1.165) is 0 Å². The van der Waals surface area contributed by atoms with Gasteiger partial charge in [-0.3, -0.25) is 19.4 Å². The second-order valence-corrected chi connectivity index (χ2v) is 10.6. The van der Waals surface area contributed by atoms with E-state index >= 15 is 0 Å². The van der Waals surface area contributed by atoms with Gasteiger partial charge in [0.1, 0.15) is 23.2 Å². The summed E-state index contributed by atoms with van der Waals surface area (Å²) >= 11 is 0. The number of aromatic nitrogens is 1. The Hall–Kier alpha value is -3.05. The molecule has 2 aromatic heterocycles. The second kappa shape index (κ2) is 9.06. The Balaban J connectivity index is 1.55. The number of Topliss-reactive ketones (excluding diaryl/α,β-unsaturated/α-hetero) is 1. The molecule has 11 heteroatoms. The van der Waals surface area contributed by atoms with Crippen molar-refractivity contribution in [3.63, 3.8) is 0 Å². The highest BCUT2D eigenvalue weighted by Crippen LogP contribution is 2.34. The van der Waals surface area contributed by atoms with Crippen LogP contribution in [0.3, 0.4) is 0 Å². The lowest BCUT2D eigenvalue weighted by Crippen LogP contribution is -2.52. The van der Waals surface area contributed by atoms with Crippen LogP contribution in [0.4, 0.5) is 0 Å². The first kappa shape index (κ1) is 23.1. The molecule has 176 valence electrons. The molecule has 0 radical (unpaired) electrons. The number of carbonyl (C=O) groups is 3. The fraction of sp³-hybridized carbons (Fsp3) is 0.455. The average molecular weight is 475 g/mol. The quantitative estimate of drug-likeness (QED) is 0.635. The summed E-state index contributed by atoms with van der Waals surface area (Å²) in [5, 5.41) is 2.75. The van der Waals surface area contributed by atoms with Gasteiger partial charge in [-0.05, 0) is 37.0 Å². The summed E-state index contributed by atoms with van der Waals surface area (Å²) in [5.41, 5.74) is 0.293. The third kappa shape index (κ3) is 4.42. The summed E-state index contributed by atoms with van der Waals surface area (Å²) in [6, 6.07) is 2.09. The van der Waals surface area contributed by atoms with Crippen molar-refractivity contribution in [3.05, 3.63) is 48.7 Å². The van der Waals surface area contributed by atoms with Crippen LogP contribution in [0.15, 0.2) is 52.4 Å². The fourth-order valence-corrected chi connectivity index (χ4v) is 6.09. The van der Waals surface area contributed by atoms with Crippen molar-refractivity contribution in [2.45, 2.75) is 49.7 Å². The molecule has 3 unspecified atom stereocenters. The molecule has 0 aromatic carbocycles. The van der Waals surface area contributed by atoms with Crippen molar-refractivity contribution in [2.75, 3.05) is 13.1 Å². The number of nitrogens with zero attached hydrogens (tertiary/aromatic N) is 3. The number of nitrogens with one attached hydrogen (secondary N) is 1. The molecule has 4 heterocycles. The normalized spacial score (nSPS) is 21.9. The first-order valence-electron chi connectivity index (χ1n) is 10.8. The highest BCUT2D eigenvalue weighted by Gasteiger charge is 2.54. The van der Waals surface area contributed by atoms with Crippen LogP contribution in [0.2, 0.25) is 0 Å². The van der Waals surface area contributed by atoms with E-state index in [1.807, 2.05) is 13.8 Å². The van der Waals surface area contributed by atoms with Crippen molar-refractivity contribution in [3.8, 4) is 0 Å². The minimum Gasteiger partial charge on any atom is -0.472 e. The van der Waals surface area contributed by atoms with Gasteiger partial charge in [0, 0.05) is 18.9 Å². The van der Waals surface area contributed by atoms with Crippen LogP contribution in [0, 0.1) is 5.92 Å². The molecular formula is C22H26N4O6S. The van der Waals surface area contributed by atoms with E-state index in [1.165, 1.54) is 52.3 Å². The maximum absolute atomic E-state index is 13.5. The van der Waals surface area contributed by atoms with Crippen LogP contribution in [-0.4, -0.2) is 71.4 Å². The summed E-state index contributed by atoms with van der Waals surface area (Å²) in [6.45, 7) is 3.79. The highest BCUT2D eigenvalue weighted by atomic mass is 32.2. The van der Waals surface area contributed by atoms with Gasteiger partial charge in [0.15, 0.2) is 5.78 Å². The highest BCUT2D eigenvalue weighted by molar-refractivity contribution is 7.89. The second-order valence-electron chi connectivity index (χ2n) is 8.71. The predicted octanol–water partition coefficient (Wildman–Crippen LogP) is 1.06. The van der Waals surface area contributed by atoms with Crippen molar-refractivity contribution >= 4 is 27.6 Å². The summed E-state index contributed by atoms with van der Waals surface area (Å²) in [5.74, 6) is -1.06. The minimum atomic E-state index is -3.93. The number of sulfonamides is 1. The van der Waals surface area contributed by atoms with E-state index in [9.17, 15) is 22.8 Å². The number of furan rings is 1. The lowest BCUT2D eigenvalue weighted by Gasteiger charge is -2.29. The molecule has 2 aliphatic rings. The predicted molar refractivity (Wildman–Crippen MR) is 116 cm³/mol. The number of pyridine rings is 1. The molecule has 2 aromatic rings. The topological polar surface area (TPSA) is 130 Å². The van der Waals surface area contributed by atoms with Crippen LogP contribution in [0.25, 0.3) is 0 Å². The standard InChI is InChI=1S/C22H26N4O6S/c1-14(2)10-17(24-21(28)15-6-9-32-13-15)22(29)25-8-5-18-20(25)19(27)12-26(18)33(30,31)16-4-3-7-23-11-16/h3-4,6-7,9,11,13-14,17-18,20H,5,8,10,12H2,1-2H3,(H,24,28). The smallest absolute Gasteiger partial charge is 0.255 e. The molecule has 2 aliphatic heterocycles. The zero-order valence-corrected chi connectivity index (χ0v) is 19.2. The zero-order chi connectivity index (χ0) is 23.8. The largest absolute Gasteiger partial charge is 0.472 e. The molecule has 1 N–H and O–H groups in total. The third-order valence-electron chi connectivity index (χ3n) is 6.00. The Kier molecular flexibility index (Phi) is 6.35. The Labute approximate surface area is 192 Å². The van der Waals surface area contributed by atoms with Crippen LogP contribution in [0.1, 0.15) is 37.0 Å². The zero-order valence-electron chi connectivity index (χ0n) is 18.4. The maximum atomic E-state index is 13.5. The Morgan fingerprint density at radius 2 is 2.09 bits per heavy atom. The molecule has 4 rings (SSSR count). The van der Waals surface area contributed by atoms with Crippen LogP contribution in [-0.2, 0) is 19.6 Å². The Bertz CT molecular complexity index is 1130. The summed E-state index contributed by atoms with van der Waals surface area (Å²) < 4.78 is 32.4. The van der Waals surface area contributed by atoms with E-state index in [-0.39, 0.29) is 35.6 Å². The fourth-order valence-electron chi connectivity index (χ4n) is 4.50. The van der Waals surface area contributed by atoms with Gasteiger partial charge in [0.2, 0.25) is 15.9 Å². The van der Waals surface area contributed by atoms with Crippen molar-refractivity contribution < 1.29 is 27.2 Å². The van der Waals surface area contributed by atoms with Gasteiger partial charge in [0.05, 0.1) is 24.4 Å². The molecule has 0 saturated carbocycles. The molecule has 3 atom stereocenters. The van der Waals surface area contributed by atoms with Gasteiger partial charge in [-0.1, -0.05) is 13.8 Å². The molecule has 2 fully saturated rings. The molecule has 2 saturated heterocycles. The Morgan fingerprint density at radius 3 is 2.73 bits per heavy atom. The number of amides is 2. The number of ketones is 1. The SMILES string of the molecule is CC(C)CC(NC(=O)c1ccoc1)C(=O)N1CCC2C1C(=O)CN2S(=O)(=O)c1cccnc1. The lowest BCUT2D eigenvalue weighted by molar-refractivity contribution is -0.138. The number of likely N-dealkylation sites (tertiary alicyclic amines) is 1. The summed E-state index contributed by atoms with van der Waals surface area (Å²) in [6.07, 6.45) is 6.09. The van der Waals surface area contributed by atoms with Gasteiger partial charge in [-0.15, -0.1) is 0 Å². The molecule has 10 nitrogen and oxygen atoms in total. The number of hydrogen-bond donors (Lipinski definition) is 1. The van der Waals surface area contributed by atoms with E-state index in [4.69, 9.17) is 4.42 Å². The van der Waals surface area contributed by atoms with E-state index in [0.29, 0.717) is 18.4 Å². The number of fused-ring (bicyclic) bond motifs is 1. The van der Waals surface area contributed by atoms with Gasteiger partial charge in [0.25, 0.3) is 5.91 Å². The van der Waals surface area contributed by atoms with Gasteiger partial charge in [-0.2, -0.15) is 4.31 Å². The molecule has 0 bridgehead atoms. The first-order valence-corrected chi connectivity index (χ1v) is 12.2. The van der Waals surface area contributed by atoms with Crippen molar-refractivity contribution in [2.24, 2.45) is 5.92 Å². The van der Waals surface area contributed by atoms with Crippen LogP contribution in [0.5, 0.6) is 0 Å². The van der Waals surface area contributed by atoms with E-state index in [2.05, 4.69) is 10.3 Å². The molecule has 33 heavy (non-hydrogen) atoms. The monoisotopic (exact) mass is 474 g/mol. The minimum absolute atomic E-state index is 0.00767. The molecule has 2 amide bonds. The number of hydrogen-bond acceptors (Lipinski definition) is 7. The van der Waals surface area contributed by atoms with E-state index in [1.54, 1.807) is 0 Å². The van der Waals surface area contributed by atoms with Crippen LogP contribution >= 0.6 is 0 Å². The van der Waals surface area contributed by atoms with Crippen molar-refractivity contribution in [1.29, 1.82) is 0 Å². The molecule has 0 aliphatic carbocycles. The van der Waals surface area contributed by atoms with Crippen molar-refractivity contribution in [1.82, 2.24) is 19.5 Å². The van der Waals surface area contributed by atoms with Gasteiger partial charge < -0.3 is 14.6 Å². The van der Waals surface area contributed by atoms with Gasteiger partial charge in [-0.25, -0.2) is 8.42 Å². The maximum Gasteiger partial charge on any atom is 0.255 e.